The van der Waals surface area contributed by atoms with Crippen LogP contribution in [0, 0.1) is 11.3 Å². The van der Waals surface area contributed by atoms with Gasteiger partial charge in [-0.05, 0) is 11.6 Å². The highest BCUT2D eigenvalue weighted by Gasteiger charge is 2.21. The van der Waals surface area contributed by atoms with Gasteiger partial charge in [0.1, 0.15) is 6.04 Å². The summed E-state index contributed by atoms with van der Waals surface area (Å²) in [5.74, 6) is -2.59. The van der Waals surface area contributed by atoms with Crippen LogP contribution in [0.15, 0.2) is 24.3 Å². The van der Waals surface area contributed by atoms with Crippen molar-refractivity contribution in [3.8, 4) is 6.07 Å². The van der Waals surface area contributed by atoms with Gasteiger partial charge in [0.05, 0.1) is 11.6 Å². The number of carboxylic acid groups (broad SMARTS) is 1. The lowest BCUT2D eigenvalue weighted by Crippen LogP contribution is -2.44. The number of hydrogen-bond acceptors (Lipinski definition) is 5. The van der Waals surface area contributed by atoms with E-state index in [2.05, 4.69) is 10.1 Å². The maximum absolute atomic E-state index is 11.5. The zero-order valence-electron chi connectivity index (χ0n) is 11.3. The fraction of sp³-hybridized carbons (Fsp3) is 0.286. The predicted molar refractivity (Wildman–Crippen MR) is 71.1 cm³/mol. The maximum atomic E-state index is 11.5. The molecule has 0 bridgehead atoms. The Balaban J connectivity index is 2.75. The molecule has 0 spiro atoms. The van der Waals surface area contributed by atoms with Crippen molar-refractivity contribution in [2.24, 2.45) is 0 Å². The summed E-state index contributed by atoms with van der Waals surface area (Å²) >= 11 is 0. The Morgan fingerprint density at radius 3 is 2.62 bits per heavy atom. The minimum absolute atomic E-state index is 0.0368. The lowest BCUT2D eigenvalue weighted by molar-refractivity contribution is -0.148. The second kappa shape index (κ2) is 7.65. The van der Waals surface area contributed by atoms with E-state index in [1.54, 1.807) is 24.3 Å². The number of benzene rings is 1. The van der Waals surface area contributed by atoms with Crippen molar-refractivity contribution >= 4 is 17.8 Å². The fourth-order valence-corrected chi connectivity index (χ4v) is 1.63. The molecular formula is C14H14N2O5. The van der Waals surface area contributed by atoms with E-state index in [1.165, 1.54) is 0 Å². The largest absolute Gasteiger partial charge is 0.480 e. The number of rotatable bonds is 6. The lowest BCUT2D eigenvalue weighted by Gasteiger charge is -2.15. The van der Waals surface area contributed by atoms with Crippen LogP contribution in [-0.4, -0.2) is 35.6 Å². The van der Waals surface area contributed by atoms with E-state index in [0.29, 0.717) is 11.1 Å². The predicted octanol–water partition coefficient (Wildman–Crippen LogP) is 0.233. The number of ether oxygens (including phenoxy) is 1. The summed E-state index contributed by atoms with van der Waals surface area (Å²) in [5.41, 5.74) is 0.859. The van der Waals surface area contributed by atoms with Crippen molar-refractivity contribution in [1.29, 1.82) is 5.26 Å². The van der Waals surface area contributed by atoms with E-state index in [0.717, 1.165) is 6.92 Å². The molecule has 1 aromatic carbocycles. The molecule has 0 aliphatic carbocycles. The van der Waals surface area contributed by atoms with Gasteiger partial charge in [0.15, 0.2) is 6.61 Å². The van der Waals surface area contributed by atoms with Gasteiger partial charge < -0.3 is 15.2 Å². The number of nitrogens with one attached hydrogen (secondary N) is 1. The molecule has 0 saturated heterocycles. The Kier molecular flexibility index (Phi) is 5.89. The Bertz CT molecular complexity index is 591. The summed E-state index contributed by atoms with van der Waals surface area (Å²) in [5, 5.41) is 20.3. The summed E-state index contributed by atoms with van der Waals surface area (Å²) in [6.45, 7) is 0.601. The van der Waals surface area contributed by atoms with Gasteiger partial charge in [-0.2, -0.15) is 5.26 Å². The van der Waals surface area contributed by atoms with Crippen LogP contribution in [0.4, 0.5) is 0 Å². The molecule has 0 aliphatic heterocycles. The van der Waals surface area contributed by atoms with Gasteiger partial charge in [-0.25, -0.2) is 4.79 Å². The molecule has 0 radical (unpaired) electrons. The highest BCUT2D eigenvalue weighted by atomic mass is 16.5. The number of amides is 1. The molecule has 0 aromatic heterocycles. The van der Waals surface area contributed by atoms with Crippen LogP contribution in [0.1, 0.15) is 18.1 Å². The van der Waals surface area contributed by atoms with E-state index in [4.69, 9.17) is 10.4 Å². The highest BCUT2D eigenvalue weighted by Crippen LogP contribution is 2.10. The van der Waals surface area contributed by atoms with E-state index in [-0.39, 0.29) is 6.42 Å². The molecule has 21 heavy (non-hydrogen) atoms. The van der Waals surface area contributed by atoms with Gasteiger partial charge in [-0.15, -0.1) is 0 Å². The molecule has 7 nitrogen and oxygen atoms in total. The third-order valence-corrected chi connectivity index (χ3v) is 2.60. The van der Waals surface area contributed by atoms with Crippen molar-refractivity contribution in [3.05, 3.63) is 35.4 Å². The van der Waals surface area contributed by atoms with Gasteiger partial charge in [0.25, 0.3) is 5.91 Å². The second-order valence-electron chi connectivity index (χ2n) is 4.21. The zero-order chi connectivity index (χ0) is 15.8. The molecule has 110 valence electrons. The topological polar surface area (TPSA) is 116 Å². The Morgan fingerprint density at radius 1 is 1.38 bits per heavy atom. The summed E-state index contributed by atoms with van der Waals surface area (Å²) in [6, 6.07) is 7.27. The molecule has 0 fully saturated rings. The van der Waals surface area contributed by atoms with E-state index >= 15 is 0 Å². The quantitative estimate of drug-likeness (QED) is 0.724. The Hall–Kier alpha value is -2.88. The van der Waals surface area contributed by atoms with Crippen molar-refractivity contribution in [1.82, 2.24) is 5.32 Å². The molecule has 7 heteroatoms. The molecule has 0 aliphatic rings. The number of hydrogen-bond donors (Lipinski definition) is 2. The van der Waals surface area contributed by atoms with Crippen LogP contribution in [0.5, 0.6) is 0 Å². The van der Waals surface area contributed by atoms with Crippen LogP contribution in [0.2, 0.25) is 0 Å². The van der Waals surface area contributed by atoms with Crippen LogP contribution < -0.4 is 5.32 Å². The number of nitrogens with zero attached hydrogens (tertiary/aromatic N) is 1. The summed E-state index contributed by atoms with van der Waals surface area (Å²) < 4.78 is 4.48. The van der Waals surface area contributed by atoms with Gasteiger partial charge in [0.2, 0.25) is 0 Å². The van der Waals surface area contributed by atoms with Crippen molar-refractivity contribution in [3.63, 3.8) is 0 Å². The third-order valence-electron chi connectivity index (χ3n) is 2.60. The lowest BCUT2D eigenvalue weighted by atomic mass is 10.0. The first-order valence-electron chi connectivity index (χ1n) is 6.07. The molecule has 1 amide bonds. The van der Waals surface area contributed by atoms with Crippen LogP contribution in [0.25, 0.3) is 0 Å². The van der Waals surface area contributed by atoms with Crippen LogP contribution >= 0.6 is 0 Å². The summed E-state index contributed by atoms with van der Waals surface area (Å²) in [6.07, 6.45) is -0.0368. The molecular weight excluding hydrogens is 276 g/mol. The van der Waals surface area contributed by atoms with Crippen LogP contribution in [-0.2, 0) is 25.5 Å². The molecule has 0 heterocycles. The minimum atomic E-state index is -1.24. The molecule has 0 unspecified atom stereocenters. The van der Waals surface area contributed by atoms with E-state index in [9.17, 15) is 14.4 Å². The first kappa shape index (κ1) is 16.2. The number of carbonyl (C=O) groups excluding carboxylic acids is 2. The number of aliphatic carboxylic acids is 1. The van der Waals surface area contributed by atoms with Crippen molar-refractivity contribution in [2.45, 2.75) is 19.4 Å². The SMILES string of the molecule is CC(=O)OCC(=O)N[C@H](Cc1ccccc1C#N)C(=O)O. The summed E-state index contributed by atoms with van der Waals surface area (Å²) in [4.78, 5) is 33.2. The zero-order valence-corrected chi connectivity index (χ0v) is 11.3. The maximum Gasteiger partial charge on any atom is 0.326 e. The standard InChI is InChI=1S/C14H14N2O5/c1-9(17)21-8-13(18)16-12(14(19)20)6-10-4-2-3-5-11(10)7-15/h2-5,12H,6,8H2,1H3,(H,16,18)(H,19,20)/t12-/m1/s1. The van der Waals surface area contributed by atoms with Crippen LogP contribution in [0.3, 0.4) is 0 Å². The van der Waals surface area contributed by atoms with E-state index in [1.807, 2.05) is 6.07 Å². The molecule has 2 N–H and O–H groups in total. The minimum Gasteiger partial charge on any atom is -0.480 e. The number of carbonyl (C=O) groups is 3. The molecule has 1 aromatic rings. The van der Waals surface area contributed by atoms with Crippen molar-refractivity contribution < 1.29 is 24.2 Å². The number of esters is 1. The Labute approximate surface area is 121 Å². The van der Waals surface area contributed by atoms with Crippen molar-refractivity contribution in [2.75, 3.05) is 6.61 Å². The third kappa shape index (κ3) is 5.32. The summed E-state index contributed by atoms with van der Waals surface area (Å²) in [7, 11) is 0. The smallest absolute Gasteiger partial charge is 0.326 e. The monoisotopic (exact) mass is 290 g/mol. The Morgan fingerprint density at radius 2 is 2.05 bits per heavy atom. The van der Waals surface area contributed by atoms with Gasteiger partial charge in [-0.3, -0.25) is 9.59 Å². The van der Waals surface area contributed by atoms with Gasteiger partial charge >= 0.3 is 11.9 Å². The normalized spacial score (nSPS) is 11.0. The molecule has 0 saturated carbocycles. The average Bonchev–Trinajstić information content (AvgIpc) is 2.44. The second-order valence-corrected chi connectivity index (χ2v) is 4.21. The first-order chi connectivity index (χ1) is 9.93. The van der Waals surface area contributed by atoms with Gasteiger partial charge in [-0.1, -0.05) is 18.2 Å². The number of carboxylic acids is 1. The average molecular weight is 290 g/mol. The number of nitriles is 1. The molecule has 1 atom stereocenters. The molecule has 1 rings (SSSR count). The van der Waals surface area contributed by atoms with E-state index < -0.39 is 30.5 Å². The first-order valence-corrected chi connectivity index (χ1v) is 6.07. The van der Waals surface area contributed by atoms with Gasteiger partial charge in [0, 0.05) is 13.3 Å². The fourth-order valence-electron chi connectivity index (χ4n) is 1.63. The highest BCUT2D eigenvalue weighted by molar-refractivity contribution is 5.85.